The molecule has 0 spiro atoms. The van der Waals surface area contributed by atoms with Crippen LogP contribution in [0.3, 0.4) is 0 Å². The van der Waals surface area contributed by atoms with Crippen LogP contribution in [0.2, 0.25) is 0 Å². The number of thiazole rings is 1. The van der Waals surface area contributed by atoms with Crippen molar-refractivity contribution in [2.75, 3.05) is 13.6 Å². The monoisotopic (exact) mass is 286 g/mol. The Labute approximate surface area is 113 Å². The molecular formula is C10H14N4O4S. The molecule has 8 nitrogen and oxygen atoms in total. The Hall–Kier alpha value is -2.16. The van der Waals surface area contributed by atoms with Crippen molar-refractivity contribution in [3.8, 4) is 0 Å². The quantitative estimate of drug-likeness (QED) is 0.592. The molecule has 9 heteroatoms. The molecule has 0 unspecified atom stereocenters. The van der Waals surface area contributed by atoms with E-state index in [9.17, 15) is 14.4 Å². The van der Waals surface area contributed by atoms with Crippen LogP contribution in [0.1, 0.15) is 20.4 Å². The summed E-state index contributed by atoms with van der Waals surface area (Å²) >= 11 is 1.01. The molecule has 0 aliphatic carbocycles. The first-order valence-electron chi connectivity index (χ1n) is 5.36. The predicted molar refractivity (Wildman–Crippen MR) is 68.1 cm³/mol. The highest BCUT2D eigenvalue weighted by molar-refractivity contribution is 7.13. The third kappa shape index (κ3) is 4.54. The molecule has 104 valence electrons. The first-order chi connectivity index (χ1) is 8.93. The van der Waals surface area contributed by atoms with Crippen molar-refractivity contribution >= 4 is 29.2 Å². The van der Waals surface area contributed by atoms with E-state index < -0.39 is 12.0 Å². The van der Waals surface area contributed by atoms with Crippen molar-refractivity contribution in [2.45, 2.75) is 13.5 Å². The molecule has 3 amide bonds. The van der Waals surface area contributed by atoms with Gasteiger partial charge in [-0.1, -0.05) is 0 Å². The number of nitrogens with one attached hydrogen (secondary N) is 3. The second-order valence-corrected chi connectivity index (χ2v) is 4.62. The van der Waals surface area contributed by atoms with Gasteiger partial charge in [-0.3, -0.25) is 4.79 Å². The molecule has 0 radical (unpaired) electrons. The van der Waals surface area contributed by atoms with Gasteiger partial charge >= 0.3 is 12.0 Å². The number of amides is 3. The highest BCUT2D eigenvalue weighted by Crippen LogP contribution is 2.17. The average Bonchev–Trinajstić information content (AvgIpc) is 2.74. The van der Waals surface area contributed by atoms with Crippen molar-refractivity contribution in [1.82, 2.24) is 20.9 Å². The largest absolute Gasteiger partial charge is 0.477 e. The third-order valence-electron chi connectivity index (χ3n) is 2.12. The summed E-state index contributed by atoms with van der Waals surface area (Å²) in [6, 6.07) is -0.520. The Morgan fingerprint density at radius 2 is 2.00 bits per heavy atom. The summed E-state index contributed by atoms with van der Waals surface area (Å²) in [6.45, 7) is 1.58. The molecule has 1 rings (SSSR count). The molecule has 0 bridgehead atoms. The second-order valence-electron chi connectivity index (χ2n) is 3.54. The fourth-order valence-corrected chi connectivity index (χ4v) is 2.04. The van der Waals surface area contributed by atoms with Crippen LogP contribution < -0.4 is 16.0 Å². The molecule has 1 heterocycles. The second kappa shape index (κ2) is 6.69. The molecule has 0 aliphatic rings. The molecular weight excluding hydrogens is 272 g/mol. The number of rotatable bonds is 5. The molecule has 4 N–H and O–H groups in total. The van der Waals surface area contributed by atoms with E-state index in [1.807, 2.05) is 0 Å². The number of carbonyl (C=O) groups is 3. The average molecular weight is 286 g/mol. The fourth-order valence-electron chi connectivity index (χ4n) is 1.19. The summed E-state index contributed by atoms with van der Waals surface area (Å²) < 4.78 is 0. The summed E-state index contributed by atoms with van der Waals surface area (Å²) in [4.78, 5) is 37.2. The zero-order valence-corrected chi connectivity index (χ0v) is 11.3. The van der Waals surface area contributed by atoms with E-state index in [1.54, 1.807) is 6.92 Å². The minimum atomic E-state index is -1.04. The highest BCUT2D eigenvalue weighted by Gasteiger charge is 2.14. The lowest BCUT2D eigenvalue weighted by molar-refractivity contribution is -0.119. The minimum Gasteiger partial charge on any atom is -0.477 e. The van der Waals surface area contributed by atoms with Crippen molar-refractivity contribution in [3.05, 3.63) is 15.6 Å². The number of nitrogens with zero attached hydrogens (tertiary/aromatic N) is 1. The van der Waals surface area contributed by atoms with Gasteiger partial charge in [0.2, 0.25) is 5.91 Å². The number of aryl methyl sites for hydroxylation is 1. The maximum absolute atomic E-state index is 11.3. The molecule has 0 saturated carbocycles. The Morgan fingerprint density at radius 1 is 1.32 bits per heavy atom. The van der Waals surface area contributed by atoms with Crippen molar-refractivity contribution in [1.29, 1.82) is 0 Å². The zero-order valence-electron chi connectivity index (χ0n) is 10.4. The van der Waals surface area contributed by atoms with Crippen molar-refractivity contribution in [2.24, 2.45) is 0 Å². The van der Waals surface area contributed by atoms with Gasteiger partial charge in [0, 0.05) is 7.05 Å². The van der Waals surface area contributed by atoms with Gasteiger partial charge in [0.05, 0.1) is 18.8 Å². The van der Waals surface area contributed by atoms with Gasteiger partial charge in [-0.05, 0) is 6.92 Å². The Bertz CT molecular complexity index is 500. The Balaban J connectivity index is 2.44. The lowest BCUT2D eigenvalue weighted by Crippen LogP contribution is -2.40. The zero-order chi connectivity index (χ0) is 14.4. The molecule has 19 heavy (non-hydrogen) atoms. The topological polar surface area (TPSA) is 120 Å². The number of carboxylic acid groups (broad SMARTS) is 1. The van der Waals surface area contributed by atoms with Gasteiger partial charge in [-0.25, -0.2) is 14.6 Å². The van der Waals surface area contributed by atoms with Gasteiger partial charge in [0.1, 0.15) is 9.88 Å². The van der Waals surface area contributed by atoms with Crippen LogP contribution >= 0.6 is 11.3 Å². The lowest BCUT2D eigenvalue weighted by atomic mass is 10.4. The van der Waals surface area contributed by atoms with Gasteiger partial charge < -0.3 is 21.1 Å². The first kappa shape index (κ1) is 14.9. The molecule has 1 aromatic heterocycles. The number of aromatic carboxylic acids is 1. The lowest BCUT2D eigenvalue weighted by Gasteiger charge is -2.05. The van der Waals surface area contributed by atoms with Crippen LogP contribution in [0, 0.1) is 6.92 Å². The maximum Gasteiger partial charge on any atom is 0.347 e. The standard InChI is InChI=1S/C10H14N4O4S/c1-5-8(9(16)17)19-7(14-5)4-13-10(18)12-3-6(15)11-2/h3-4H2,1-2H3,(H,11,15)(H,16,17)(H2,12,13,18). The van der Waals surface area contributed by atoms with Crippen molar-refractivity contribution in [3.63, 3.8) is 0 Å². The normalized spacial score (nSPS) is 9.79. The molecule has 0 aromatic carbocycles. The number of hydrogen-bond acceptors (Lipinski definition) is 5. The van der Waals surface area contributed by atoms with Gasteiger partial charge in [-0.2, -0.15) is 0 Å². The van der Waals surface area contributed by atoms with Crippen molar-refractivity contribution < 1.29 is 19.5 Å². The van der Waals surface area contributed by atoms with Gasteiger partial charge in [0.15, 0.2) is 0 Å². The van der Waals surface area contributed by atoms with Crippen LogP contribution in [0.5, 0.6) is 0 Å². The van der Waals surface area contributed by atoms with Crippen LogP contribution in [0.4, 0.5) is 4.79 Å². The van der Waals surface area contributed by atoms with Crippen LogP contribution in [0.25, 0.3) is 0 Å². The number of aromatic nitrogens is 1. The summed E-state index contributed by atoms with van der Waals surface area (Å²) in [7, 11) is 1.47. The third-order valence-corrected chi connectivity index (χ3v) is 3.27. The van der Waals surface area contributed by atoms with E-state index in [0.717, 1.165) is 11.3 Å². The number of likely N-dealkylation sites (N-methyl/N-ethyl adjacent to an activating group) is 1. The summed E-state index contributed by atoms with van der Waals surface area (Å²) in [6.07, 6.45) is 0. The molecule has 0 aliphatic heterocycles. The van der Waals surface area contributed by atoms with E-state index in [1.165, 1.54) is 7.05 Å². The summed E-state index contributed by atoms with van der Waals surface area (Å²) in [5.41, 5.74) is 0.417. The van der Waals surface area contributed by atoms with Crippen LogP contribution in [-0.4, -0.2) is 41.6 Å². The summed E-state index contributed by atoms with van der Waals surface area (Å²) in [5.74, 6) is -1.35. The first-order valence-corrected chi connectivity index (χ1v) is 6.17. The van der Waals surface area contributed by atoms with Gasteiger partial charge in [-0.15, -0.1) is 11.3 Å². The van der Waals surface area contributed by atoms with E-state index in [0.29, 0.717) is 10.7 Å². The Morgan fingerprint density at radius 3 is 2.53 bits per heavy atom. The number of carboxylic acids is 1. The Kier molecular flexibility index (Phi) is 5.24. The van der Waals surface area contributed by atoms with E-state index in [-0.39, 0.29) is 23.9 Å². The van der Waals surface area contributed by atoms with E-state index in [2.05, 4.69) is 20.9 Å². The highest BCUT2D eigenvalue weighted by atomic mass is 32.1. The number of hydrogen-bond donors (Lipinski definition) is 4. The predicted octanol–water partition coefficient (Wildman–Crippen LogP) is -0.305. The maximum atomic E-state index is 11.3. The fraction of sp³-hybridized carbons (Fsp3) is 0.400. The molecule has 0 atom stereocenters. The van der Waals surface area contributed by atoms with Crippen LogP contribution in [-0.2, 0) is 11.3 Å². The van der Waals surface area contributed by atoms with E-state index >= 15 is 0 Å². The molecule has 0 fully saturated rings. The molecule has 0 saturated heterocycles. The SMILES string of the molecule is CNC(=O)CNC(=O)NCc1nc(C)c(C(=O)O)s1. The van der Waals surface area contributed by atoms with Crippen LogP contribution in [0.15, 0.2) is 0 Å². The smallest absolute Gasteiger partial charge is 0.347 e. The molecule has 1 aromatic rings. The van der Waals surface area contributed by atoms with Gasteiger partial charge in [0.25, 0.3) is 0 Å². The summed E-state index contributed by atoms with van der Waals surface area (Å²) in [5, 5.41) is 16.5. The van der Waals surface area contributed by atoms with E-state index in [4.69, 9.17) is 5.11 Å². The number of carbonyl (C=O) groups excluding carboxylic acids is 2. The number of urea groups is 1. The minimum absolute atomic E-state index is 0.109.